The molecule has 1 saturated heterocycles. The number of carbonyl (C=O) groups excluding carboxylic acids is 2. The van der Waals surface area contributed by atoms with Gasteiger partial charge in [-0.15, -0.1) is 0 Å². The summed E-state index contributed by atoms with van der Waals surface area (Å²) in [6, 6.07) is 7.70. The Bertz CT molecular complexity index is 686. The van der Waals surface area contributed by atoms with E-state index in [-0.39, 0.29) is 6.61 Å². The first-order valence-electron chi connectivity index (χ1n) is 9.10. The third-order valence-electron chi connectivity index (χ3n) is 4.67. The molecule has 162 valence electrons. The standard InChI is InChI=1S/C19H27NO9/c1-11(22)20-15-13(23)8-19(18(26)27-2,28-10-12-6-4-3-5-7-12)29-17(15)16(25)14(24)9-21/h3-7,13-17,21,23-25H,8-10H2,1-2H3,(H,20,22). The highest BCUT2D eigenvalue weighted by Gasteiger charge is 2.56. The number of hydrogen-bond donors (Lipinski definition) is 5. The maximum Gasteiger partial charge on any atom is 0.366 e. The Morgan fingerprint density at radius 3 is 2.52 bits per heavy atom. The zero-order chi connectivity index (χ0) is 21.6. The molecule has 0 saturated carbocycles. The molecule has 5 N–H and O–H groups in total. The minimum atomic E-state index is -2.10. The zero-order valence-electron chi connectivity index (χ0n) is 16.2. The lowest BCUT2D eigenvalue weighted by molar-refractivity contribution is -0.315. The normalized spacial score (nSPS) is 29.0. The van der Waals surface area contributed by atoms with Gasteiger partial charge in [0.15, 0.2) is 0 Å². The second kappa shape index (κ2) is 10.1. The van der Waals surface area contributed by atoms with Gasteiger partial charge in [-0.1, -0.05) is 30.3 Å². The van der Waals surface area contributed by atoms with Gasteiger partial charge in [-0.3, -0.25) is 4.79 Å². The second-order valence-corrected chi connectivity index (χ2v) is 6.84. The van der Waals surface area contributed by atoms with Crippen LogP contribution in [0.4, 0.5) is 0 Å². The first kappa shape index (κ1) is 23.2. The number of carbonyl (C=O) groups is 2. The molecule has 10 nitrogen and oxygen atoms in total. The van der Waals surface area contributed by atoms with E-state index >= 15 is 0 Å². The molecule has 1 aliphatic rings. The number of benzene rings is 1. The lowest BCUT2D eigenvalue weighted by Gasteiger charge is -2.46. The van der Waals surface area contributed by atoms with Gasteiger partial charge in [0.1, 0.15) is 18.3 Å². The van der Waals surface area contributed by atoms with Gasteiger partial charge in [0.2, 0.25) is 5.91 Å². The summed E-state index contributed by atoms with van der Waals surface area (Å²) in [5.41, 5.74) is 0.713. The number of nitrogens with one attached hydrogen (secondary N) is 1. The van der Waals surface area contributed by atoms with Gasteiger partial charge in [0.05, 0.1) is 32.5 Å². The summed E-state index contributed by atoms with van der Waals surface area (Å²) in [6.07, 6.45) is -6.63. The Labute approximate surface area is 168 Å². The van der Waals surface area contributed by atoms with Crippen LogP contribution in [0.25, 0.3) is 0 Å². The predicted molar refractivity (Wildman–Crippen MR) is 98.2 cm³/mol. The van der Waals surface area contributed by atoms with Crippen molar-refractivity contribution in [2.24, 2.45) is 0 Å². The van der Waals surface area contributed by atoms with E-state index in [1.54, 1.807) is 30.3 Å². The van der Waals surface area contributed by atoms with Gasteiger partial charge in [-0.05, 0) is 5.56 Å². The largest absolute Gasteiger partial charge is 0.465 e. The number of aliphatic hydroxyl groups excluding tert-OH is 4. The van der Waals surface area contributed by atoms with Crippen LogP contribution in [0, 0.1) is 0 Å². The summed E-state index contributed by atoms with van der Waals surface area (Å²) in [4.78, 5) is 24.1. The topological polar surface area (TPSA) is 155 Å². The van der Waals surface area contributed by atoms with Gasteiger partial charge in [0, 0.05) is 13.3 Å². The molecule has 29 heavy (non-hydrogen) atoms. The van der Waals surface area contributed by atoms with Crippen LogP contribution < -0.4 is 5.32 Å². The van der Waals surface area contributed by atoms with Crippen LogP contribution in [0.5, 0.6) is 0 Å². The average Bonchev–Trinajstić information content (AvgIpc) is 2.72. The summed E-state index contributed by atoms with van der Waals surface area (Å²) >= 11 is 0. The number of ether oxygens (including phenoxy) is 3. The summed E-state index contributed by atoms with van der Waals surface area (Å²) in [5, 5.41) is 42.5. The molecule has 1 aromatic carbocycles. The zero-order valence-corrected chi connectivity index (χ0v) is 16.2. The van der Waals surface area contributed by atoms with E-state index in [2.05, 4.69) is 5.32 Å². The van der Waals surface area contributed by atoms with Crippen LogP contribution in [0.2, 0.25) is 0 Å². The van der Waals surface area contributed by atoms with Crippen molar-refractivity contribution < 1.29 is 44.2 Å². The molecule has 2 rings (SSSR count). The number of methoxy groups -OCH3 is 1. The Balaban J connectivity index is 2.35. The highest BCUT2D eigenvalue weighted by molar-refractivity contribution is 5.78. The third kappa shape index (κ3) is 5.50. The second-order valence-electron chi connectivity index (χ2n) is 6.84. The molecule has 0 radical (unpaired) electrons. The molecule has 0 aromatic heterocycles. The molecule has 6 unspecified atom stereocenters. The van der Waals surface area contributed by atoms with Crippen LogP contribution in [-0.4, -0.2) is 82.3 Å². The van der Waals surface area contributed by atoms with E-state index in [1.165, 1.54) is 6.92 Å². The fourth-order valence-corrected chi connectivity index (χ4v) is 3.20. The van der Waals surface area contributed by atoms with Gasteiger partial charge in [-0.25, -0.2) is 4.79 Å². The Hall–Kier alpha value is -2.08. The average molecular weight is 413 g/mol. The summed E-state index contributed by atoms with van der Waals surface area (Å²) in [5.74, 6) is -3.58. The Morgan fingerprint density at radius 2 is 1.97 bits per heavy atom. The van der Waals surface area contributed by atoms with E-state index in [1.807, 2.05) is 0 Å². The van der Waals surface area contributed by atoms with Gasteiger partial charge >= 0.3 is 5.97 Å². The molecular formula is C19H27NO9. The molecule has 1 fully saturated rings. The van der Waals surface area contributed by atoms with Crippen LogP contribution in [0.3, 0.4) is 0 Å². The molecule has 0 spiro atoms. The highest BCUT2D eigenvalue weighted by Crippen LogP contribution is 2.34. The van der Waals surface area contributed by atoms with E-state index in [0.29, 0.717) is 5.56 Å². The van der Waals surface area contributed by atoms with Crippen molar-refractivity contribution in [1.82, 2.24) is 5.32 Å². The molecule has 1 aliphatic heterocycles. The van der Waals surface area contributed by atoms with Crippen molar-refractivity contribution >= 4 is 11.9 Å². The third-order valence-corrected chi connectivity index (χ3v) is 4.67. The van der Waals surface area contributed by atoms with Crippen LogP contribution in [-0.2, 0) is 30.4 Å². The molecule has 0 aliphatic carbocycles. The smallest absolute Gasteiger partial charge is 0.366 e. The minimum Gasteiger partial charge on any atom is -0.465 e. The number of rotatable bonds is 8. The molecule has 10 heteroatoms. The highest BCUT2D eigenvalue weighted by atomic mass is 16.7. The summed E-state index contributed by atoms with van der Waals surface area (Å²) in [6.45, 7) is 0.325. The first-order valence-corrected chi connectivity index (χ1v) is 9.10. The maximum absolute atomic E-state index is 12.5. The van der Waals surface area contributed by atoms with Crippen LogP contribution >= 0.6 is 0 Å². The lowest BCUT2D eigenvalue weighted by Crippen LogP contribution is -2.68. The lowest BCUT2D eigenvalue weighted by atomic mass is 9.88. The molecule has 1 amide bonds. The van der Waals surface area contributed by atoms with Gasteiger partial charge in [0.25, 0.3) is 5.79 Å². The molecule has 6 atom stereocenters. The van der Waals surface area contributed by atoms with Crippen LogP contribution in [0.15, 0.2) is 30.3 Å². The van der Waals surface area contributed by atoms with Gasteiger partial charge in [-0.2, -0.15) is 0 Å². The van der Waals surface area contributed by atoms with E-state index < -0.39 is 61.1 Å². The van der Waals surface area contributed by atoms with Crippen LogP contribution in [0.1, 0.15) is 18.9 Å². The van der Waals surface area contributed by atoms with E-state index in [4.69, 9.17) is 19.3 Å². The summed E-state index contributed by atoms with van der Waals surface area (Å²) < 4.78 is 16.2. The maximum atomic E-state index is 12.5. The predicted octanol–water partition coefficient (Wildman–Crippen LogP) is -1.56. The fraction of sp³-hybridized carbons (Fsp3) is 0.579. The number of esters is 1. The number of amides is 1. The molecular weight excluding hydrogens is 386 g/mol. The van der Waals surface area contributed by atoms with Crippen molar-refractivity contribution in [3.63, 3.8) is 0 Å². The van der Waals surface area contributed by atoms with Crippen molar-refractivity contribution in [3.05, 3.63) is 35.9 Å². The summed E-state index contributed by atoms with van der Waals surface area (Å²) in [7, 11) is 1.11. The van der Waals surface area contributed by atoms with E-state index in [9.17, 15) is 24.9 Å². The monoisotopic (exact) mass is 413 g/mol. The quantitative estimate of drug-likeness (QED) is 0.318. The molecule has 1 heterocycles. The first-order chi connectivity index (χ1) is 13.7. The Morgan fingerprint density at radius 1 is 1.31 bits per heavy atom. The van der Waals surface area contributed by atoms with Crippen molar-refractivity contribution in [2.75, 3.05) is 13.7 Å². The molecule has 0 bridgehead atoms. The fourth-order valence-electron chi connectivity index (χ4n) is 3.20. The van der Waals surface area contributed by atoms with Crippen molar-refractivity contribution in [1.29, 1.82) is 0 Å². The Kier molecular flexibility index (Phi) is 8.08. The number of hydrogen-bond acceptors (Lipinski definition) is 9. The number of aliphatic hydroxyl groups is 4. The minimum absolute atomic E-state index is 0.0706. The van der Waals surface area contributed by atoms with E-state index in [0.717, 1.165) is 7.11 Å². The van der Waals surface area contributed by atoms with Crippen molar-refractivity contribution in [3.8, 4) is 0 Å². The SMILES string of the molecule is COC(=O)C1(OCc2ccccc2)CC(O)C(NC(C)=O)C(C(O)C(O)CO)O1. The molecule has 1 aromatic rings. The van der Waals surface area contributed by atoms with Gasteiger partial charge < -0.3 is 40.0 Å². The van der Waals surface area contributed by atoms with Crippen molar-refractivity contribution in [2.45, 2.75) is 56.2 Å².